The molecule has 0 atom stereocenters. The molecule has 96 valence electrons. The number of carbonyl (C=O) groups is 2. The van der Waals surface area contributed by atoms with Crippen LogP contribution in [-0.2, 0) is 4.74 Å². The Bertz CT molecular complexity index is 530. The van der Waals surface area contributed by atoms with Gasteiger partial charge in [0.15, 0.2) is 5.78 Å². The van der Waals surface area contributed by atoms with Gasteiger partial charge in [-0.15, -0.1) is 0 Å². The van der Waals surface area contributed by atoms with Gasteiger partial charge in [0.25, 0.3) is 0 Å². The van der Waals surface area contributed by atoms with Crippen molar-refractivity contribution >= 4 is 11.8 Å². The molecule has 5 heteroatoms. The minimum absolute atomic E-state index is 0.0352. The molecule has 0 fully saturated rings. The molecule has 1 aliphatic rings. The van der Waals surface area contributed by atoms with Crippen molar-refractivity contribution in [3.05, 3.63) is 23.3 Å². The van der Waals surface area contributed by atoms with Gasteiger partial charge in [-0.2, -0.15) is 0 Å². The van der Waals surface area contributed by atoms with E-state index >= 15 is 0 Å². The van der Waals surface area contributed by atoms with Crippen molar-refractivity contribution < 1.29 is 24.2 Å². The van der Waals surface area contributed by atoms with E-state index in [0.29, 0.717) is 0 Å². The number of fused-ring (bicyclic) bond motifs is 1. The fourth-order valence-corrected chi connectivity index (χ4v) is 2.05. The number of methoxy groups -OCH3 is 1. The molecule has 0 aromatic heterocycles. The molecule has 1 aromatic rings. The van der Waals surface area contributed by atoms with Crippen molar-refractivity contribution in [1.82, 2.24) is 0 Å². The number of benzene rings is 1. The quantitative estimate of drug-likeness (QED) is 0.771. The highest BCUT2D eigenvalue weighted by Crippen LogP contribution is 2.37. The van der Waals surface area contributed by atoms with Gasteiger partial charge < -0.3 is 14.6 Å². The van der Waals surface area contributed by atoms with Crippen LogP contribution in [0.15, 0.2) is 12.1 Å². The molecular weight excluding hydrogens is 236 g/mol. The monoisotopic (exact) mass is 250 g/mol. The average molecular weight is 250 g/mol. The Morgan fingerprint density at radius 2 is 2.11 bits per heavy atom. The van der Waals surface area contributed by atoms with Crippen LogP contribution in [0.4, 0.5) is 0 Å². The largest absolute Gasteiger partial charge is 0.508 e. The molecule has 1 N–H and O–H groups in total. The van der Waals surface area contributed by atoms with Gasteiger partial charge in [0, 0.05) is 6.07 Å². The summed E-state index contributed by atoms with van der Waals surface area (Å²) < 4.78 is 10.2. The first-order valence-corrected chi connectivity index (χ1v) is 5.51. The molecule has 0 bridgehead atoms. The molecule has 5 nitrogen and oxygen atoms in total. The third-order valence-electron chi connectivity index (χ3n) is 2.74. The lowest BCUT2D eigenvalue weighted by molar-refractivity contribution is 0.0550. The SMILES string of the molecule is COC(=O)c1cc(O)cc2c1C(=O)CC(C)(C)O2. The molecule has 1 heterocycles. The van der Waals surface area contributed by atoms with Crippen LogP contribution in [0.1, 0.15) is 41.0 Å². The number of aromatic hydroxyl groups is 1. The molecule has 0 spiro atoms. The number of hydrogen-bond donors (Lipinski definition) is 1. The number of ether oxygens (including phenoxy) is 2. The predicted molar refractivity (Wildman–Crippen MR) is 63.1 cm³/mol. The highest BCUT2D eigenvalue weighted by molar-refractivity contribution is 6.09. The molecule has 0 radical (unpaired) electrons. The first-order valence-electron chi connectivity index (χ1n) is 5.51. The zero-order chi connectivity index (χ0) is 13.5. The normalized spacial score (nSPS) is 16.7. The van der Waals surface area contributed by atoms with E-state index in [-0.39, 0.29) is 34.8 Å². The third-order valence-corrected chi connectivity index (χ3v) is 2.74. The Morgan fingerprint density at radius 1 is 1.44 bits per heavy atom. The minimum Gasteiger partial charge on any atom is -0.508 e. The Labute approximate surface area is 104 Å². The summed E-state index contributed by atoms with van der Waals surface area (Å²) in [4.78, 5) is 23.7. The maximum Gasteiger partial charge on any atom is 0.338 e. The third kappa shape index (κ3) is 2.03. The number of hydrogen-bond acceptors (Lipinski definition) is 5. The number of phenolic OH excluding ortho intramolecular Hbond substituents is 1. The molecule has 0 aliphatic carbocycles. The number of rotatable bonds is 1. The van der Waals surface area contributed by atoms with Gasteiger partial charge in [-0.3, -0.25) is 4.79 Å². The molecule has 0 saturated heterocycles. The van der Waals surface area contributed by atoms with E-state index in [1.54, 1.807) is 13.8 Å². The van der Waals surface area contributed by atoms with Crippen LogP contribution in [0.25, 0.3) is 0 Å². The first kappa shape index (κ1) is 12.4. The average Bonchev–Trinajstić information content (AvgIpc) is 2.24. The van der Waals surface area contributed by atoms with E-state index in [0.717, 1.165) is 0 Å². The van der Waals surface area contributed by atoms with Crippen molar-refractivity contribution in [3.8, 4) is 11.5 Å². The predicted octanol–water partition coefficient (Wildman–Crippen LogP) is 1.92. The van der Waals surface area contributed by atoms with Crippen molar-refractivity contribution in [2.45, 2.75) is 25.9 Å². The van der Waals surface area contributed by atoms with E-state index < -0.39 is 11.6 Å². The first-order chi connectivity index (χ1) is 8.34. The van der Waals surface area contributed by atoms with Crippen molar-refractivity contribution in [2.75, 3.05) is 7.11 Å². The number of carbonyl (C=O) groups excluding carboxylic acids is 2. The highest BCUT2D eigenvalue weighted by Gasteiger charge is 2.36. The second-order valence-electron chi connectivity index (χ2n) is 4.82. The summed E-state index contributed by atoms with van der Waals surface area (Å²) in [6.45, 7) is 3.55. The molecule has 0 saturated carbocycles. The van der Waals surface area contributed by atoms with Crippen LogP contribution >= 0.6 is 0 Å². The van der Waals surface area contributed by atoms with Crippen LogP contribution in [-0.4, -0.2) is 29.6 Å². The topological polar surface area (TPSA) is 72.8 Å². The molecule has 1 aromatic carbocycles. The molecular formula is C13H14O5. The van der Waals surface area contributed by atoms with Crippen molar-refractivity contribution in [1.29, 1.82) is 0 Å². The van der Waals surface area contributed by atoms with E-state index in [1.807, 2.05) is 0 Å². The Balaban J connectivity index is 2.63. The molecule has 1 aliphatic heterocycles. The number of Topliss-reactive ketones (excluding diaryl/α,β-unsaturated/α-hetero) is 1. The number of ketones is 1. The zero-order valence-electron chi connectivity index (χ0n) is 10.4. The lowest BCUT2D eigenvalue weighted by atomic mass is 9.90. The fourth-order valence-electron chi connectivity index (χ4n) is 2.05. The number of esters is 1. The van der Waals surface area contributed by atoms with E-state index in [1.165, 1.54) is 19.2 Å². The Morgan fingerprint density at radius 3 is 2.72 bits per heavy atom. The summed E-state index contributed by atoms with van der Waals surface area (Å²) in [5.41, 5.74) is -0.433. The molecule has 2 rings (SSSR count). The maximum atomic E-state index is 12.1. The van der Waals surface area contributed by atoms with E-state index in [2.05, 4.69) is 4.74 Å². The zero-order valence-corrected chi connectivity index (χ0v) is 10.4. The van der Waals surface area contributed by atoms with E-state index in [4.69, 9.17) is 4.74 Å². The van der Waals surface area contributed by atoms with Gasteiger partial charge in [0.05, 0.1) is 24.7 Å². The van der Waals surface area contributed by atoms with Crippen molar-refractivity contribution in [2.24, 2.45) is 0 Å². The van der Waals surface area contributed by atoms with Crippen LogP contribution in [0, 0.1) is 0 Å². The highest BCUT2D eigenvalue weighted by atomic mass is 16.5. The summed E-state index contributed by atoms with van der Waals surface area (Å²) in [7, 11) is 1.22. The Hall–Kier alpha value is -2.04. The van der Waals surface area contributed by atoms with Crippen molar-refractivity contribution in [3.63, 3.8) is 0 Å². The summed E-state index contributed by atoms with van der Waals surface area (Å²) in [6, 6.07) is 2.55. The summed E-state index contributed by atoms with van der Waals surface area (Å²) in [5, 5.41) is 9.57. The second kappa shape index (κ2) is 4.01. The Kier molecular flexibility index (Phi) is 2.77. The lowest BCUT2D eigenvalue weighted by Gasteiger charge is -2.32. The van der Waals surface area contributed by atoms with Gasteiger partial charge >= 0.3 is 5.97 Å². The molecule has 0 unspecified atom stereocenters. The van der Waals surface area contributed by atoms with Gasteiger partial charge in [-0.25, -0.2) is 4.79 Å². The summed E-state index contributed by atoms with van der Waals surface area (Å²) >= 11 is 0. The van der Waals surface area contributed by atoms with Gasteiger partial charge in [0.1, 0.15) is 17.1 Å². The summed E-state index contributed by atoms with van der Waals surface area (Å²) in [5.74, 6) is -0.781. The maximum absolute atomic E-state index is 12.1. The molecule has 0 amide bonds. The molecule has 18 heavy (non-hydrogen) atoms. The van der Waals surface area contributed by atoms with Crippen LogP contribution in [0.3, 0.4) is 0 Å². The van der Waals surface area contributed by atoms with Crippen LogP contribution in [0.5, 0.6) is 11.5 Å². The van der Waals surface area contributed by atoms with Gasteiger partial charge in [-0.1, -0.05) is 0 Å². The summed E-state index contributed by atoms with van der Waals surface area (Å²) in [6.07, 6.45) is 0.175. The smallest absolute Gasteiger partial charge is 0.338 e. The lowest BCUT2D eigenvalue weighted by Crippen LogP contribution is -2.36. The van der Waals surface area contributed by atoms with E-state index in [9.17, 15) is 14.7 Å². The van der Waals surface area contributed by atoms with Crippen LogP contribution in [0.2, 0.25) is 0 Å². The van der Waals surface area contributed by atoms with Gasteiger partial charge in [0.2, 0.25) is 0 Å². The van der Waals surface area contributed by atoms with Crippen LogP contribution < -0.4 is 4.74 Å². The standard InChI is InChI=1S/C13H14O5/c1-13(2)6-9(15)11-8(12(16)17-3)4-7(14)5-10(11)18-13/h4-5,14H,6H2,1-3H3. The second-order valence-corrected chi connectivity index (χ2v) is 4.82. The number of phenols is 1. The minimum atomic E-state index is -0.668. The van der Waals surface area contributed by atoms with Gasteiger partial charge in [-0.05, 0) is 19.9 Å². The fraction of sp³-hybridized carbons (Fsp3) is 0.385.